The summed E-state index contributed by atoms with van der Waals surface area (Å²) in [5.41, 5.74) is 2.44. The van der Waals surface area contributed by atoms with E-state index in [4.69, 9.17) is 12.2 Å². The van der Waals surface area contributed by atoms with Gasteiger partial charge in [0.05, 0.1) is 16.6 Å². The standard InChI is InChI=1S/C16H12N4OS/c1-10-7-8-13-12(9-10)14(21)19(11-5-3-2-4-6-11)15-17-18-16(22)20(13)15/h2-9H,1H3,(H,18,22). The van der Waals surface area contributed by atoms with Gasteiger partial charge in [-0.25, -0.2) is 9.67 Å². The number of benzene rings is 2. The SMILES string of the molecule is Cc1ccc2c(c1)c(=O)n(-c1ccccc1)c1n[nH]c(=S)n21. The average Bonchev–Trinajstić information content (AvgIpc) is 2.90. The first-order valence-electron chi connectivity index (χ1n) is 6.85. The number of hydrogen-bond donors (Lipinski definition) is 1. The minimum absolute atomic E-state index is 0.105. The number of aromatic amines is 1. The molecule has 22 heavy (non-hydrogen) atoms. The van der Waals surface area contributed by atoms with Crippen molar-refractivity contribution in [3.05, 3.63) is 69.2 Å². The molecule has 6 heteroatoms. The van der Waals surface area contributed by atoms with E-state index in [-0.39, 0.29) is 5.56 Å². The maximum atomic E-state index is 13.0. The summed E-state index contributed by atoms with van der Waals surface area (Å²) >= 11 is 5.33. The van der Waals surface area contributed by atoms with Crippen molar-refractivity contribution in [1.82, 2.24) is 19.2 Å². The molecular weight excluding hydrogens is 296 g/mol. The van der Waals surface area contributed by atoms with Gasteiger partial charge in [-0.2, -0.15) is 0 Å². The summed E-state index contributed by atoms with van der Waals surface area (Å²) < 4.78 is 3.83. The van der Waals surface area contributed by atoms with Crippen molar-refractivity contribution >= 4 is 28.9 Å². The maximum Gasteiger partial charge on any atom is 0.267 e. The minimum atomic E-state index is -0.105. The zero-order chi connectivity index (χ0) is 15.3. The van der Waals surface area contributed by atoms with Crippen LogP contribution in [0.15, 0.2) is 53.3 Å². The lowest BCUT2D eigenvalue weighted by Gasteiger charge is -2.10. The van der Waals surface area contributed by atoms with Gasteiger partial charge in [-0.1, -0.05) is 29.8 Å². The molecule has 4 rings (SSSR count). The summed E-state index contributed by atoms with van der Waals surface area (Å²) in [7, 11) is 0. The van der Waals surface area contributed by atoms with Crippen molar-refractivity contribution in [1.29, 1.82) is 0 Å². The normalized spacial score (nSPS) is 11.3. The Hall–Kier alpha value is -2.73. The highest BCUT2D eigenvalue weighted by atomic mass is 32.1. The van der Waals surface area contributed by atoms with Gasteiger partial charge < -0.3 is 0 Å². The van der Waals surface area contributed by atoms with E-state index in [0.29, 0.717) is 15.9 Å². The smallest absolute Gasteiger partial charge is 0.267 e. The number of hydrogen-bond acceptors (Lipinski definition) is 3. The fourth-order valence-electron chi connectivity index (χ4n) is 2.69. The molecule has 0 bridgehead atoms. The Morgan fingerprint density at radius 3 is 2.68 bits per heavy atom. The van der Waals surface area contributed by atoms with E-state index in [1.165, 1.54) is 0 Å². The highest BCUT2D eigenvalue weighted by Gasteiger charge is 2.14. The number of H-pyrrole nitrogens is 1. The van der Waals surface area contributed by atoms with Gasteiger partial charge in [0.25, 0.3) is 5.56 Å². The molecule has 108 valence electrons. The highest BCUT2D eigenvalue weighted by Crippen LogP contribution is 2.17. The van der Waals surface area contributed by atoms with Crippen molar-refractivity contribution < 1.29 is 0 Å². The Labute approximate surface area is 130 Å². The topological polar surface area (TPSA) is 55.1 Å². The molecule has 2 aromatic heterocycles. The summed E-state index contributed by atoms with van der Waals surface area (Å²) in [5.74, 6) is 0.484. The molecule has 4 aromatic rings. The summed E-state index contributed by atoms with van der Waals surface area (Å²) in [4.78, 5) is 13.0. The van der Waals surface area contributed by atoms with Crippen molar-refractivity contribution in [2.75, 3.05) is 0 Å². The van der Waals surface area contributed by atoms with E-state index in [2.05, 4.69) is 10.2 Å². The summed E-state index contributed by atoms with van der Waals surface area (Å²) in [6, 6.07) is 15.2. The predicted octanol–water partition coefficient (Wildman–Crippen LogP) is 3.00. The number of para-hydroxylation sites is 1. The molecule has 0 fully saturated rings. The van der Waals surface area contributed by atoms with Crippen LogP contribution in [0.3, 0.4) is 0 Å². The van der Waals surface area contributed by atoms with Crippen LogP contribution in [-0.4, -0.2) is 19.2 Å². The first-order valence-corrected chi connectivity index (χ1v) is 7.25. The van der Waals surface area contributed by atoms with Crippen LogP contribution in [0, 0.1) is 11.7 Å². The lowest BCUT2D eigenvalue weighted by atomic mass is 10.1. The van der Waals surface area contributed by atoms with Crippen molar-refractivity contribution in [2.45, 2.75) is 6.92 Å². The van der Waals surface area contributed by atoms with Crippen LogP contribution in [0.5, 0.6) is 0 Å². The second kappa shape index (κ2) is 4.64. The zero-order valence-corrected chi connectivity index (χ0v) is 12.6. The zero-order valence-electron chi connectivity index (χ0n) is 11.8. The summed E-state index contributed by atoms with van der Waals surface area (Å²) in [6.07, 6.45) is 0. The monoisotopic (exact) mass is 308 g/mol. The summed E-state index contributed by atoms with van der Waals surface area (Å²) in [6.45, 7) is 1.96. The minimum Gasteiger partial charge on any atom is -0.268 e. The molecule has 0 aliphatic carbocycles. The molecule has 2 heterocycles. The molecule has 0 spiro atoms. The van der Waals surface area contributed by atoms with Gasteiger partial charge in [0.1, 0.15) is 0 Å². The van der Waals surface area contributed by atoms with E-state index in [1.807, 2.05) is 55.5 Å². The van der Waals surface area contributed by atoms with Crippen LogP contribution in [0.4, 0.5) is 0 Å². The second-order valence-corrected chi connectivity index (χ2v) is 5.55. The van der Waals surface area contributed by atoms with Crippen molar-refractivity contribution in [3.8, 4) is 5.69 Å². The molecule has 0 amide bonds. The third-order valence-electron chi connectivity index (χ3n) is 3.70. The molecule has 0 radical (unpaired) electrons. The molecule has 0 saturated heterocycles. The highest BCUT2D eigenvalue weighted by molar-refractivity contribution is 7.71. The first-order chi connectivity index (χ1) is 10.7. The summed E-state index contributed by atoms with van der Waals surface area (Å²) in [5, 5.41) is 7.63. The van der Waals surface area contributed by atoms with E-state index in [9.17, 15) is 4.79 Å². The fraction of sp³-hybridized carbons (Fsp3) is 0.0625. The van der Waals surface area contributed by atoms with Crippen LogP contribution in [0.25, 0.3) is 22.4 Å². The first kappa shape index (κ1) is 13.0. The van der Waals surface area contributed by atoms with Crippen LogP contribution >= 0.6 is 12.2 Å². The molecule has 0 aliphatic heterocycles. The van der Waals surface area contributed by atoms with Gasteiger partial charge in [-0.15, -0.1) is 5.10 Å². The van der Waals surface area contributed by atoms with E-state index < -0.39 is 0 Å². The number of nitrogens with zero attached hydrogens (tertiary/aromatic N) is 3. The van der Waals surface area contributed by atoms with Crippen LogP contribution < -0.4 is 5.56 Å². The second-order valence-electron chi connectivity index (χ2n) is 5.16. The third-order valence-corrected chi connectivity index (χ3v) is 3.97. The van der Waals surface area contributed by atoms with Crippen molar-refractivity contribution in [3.63, 3.8) is 0 Å². The molecule has 2 aromatic carbocycles. The molecular formula is C16H12N4OS. The van der Waals surface area contributed by atoms with Gasteiger partial charge in [0.2, 0.25) is 10.5 Å². The van der Waals surface area contributed by atoms with Crippen LogP contribution in [0.1, 0.15) is 5.56 Å². The third kappa shape index (κ3) is 1.74. The number of fused-ring (bicyclic) bond motifs is 3. The number of nitrogens with one attached hydrogen (secondary N) is 1. The molecule has 0 unspecified atom stereocenters. The lowest BCUT2D eigenvalue weighted by molar-refractivity contribution is 0.966. The van der Waals surface area contributed by atoms with Crippen LogP contribution in [0.2, 0.25) is 0 Å². The van der Waals surface area contributed by atoms with E-state index in [1.54, 1.807) is 8.97 Å². The Morgan fingerprint density at radius 1 is 1.14 bits per heavy atom. The van der Waals surface area contributed by atoms with E-state index >= 15 is 0 Å². The lowest BCUT2D eigenvalue weighted by Crippen LogP contribution is -2.21. The largest absolute Gasteiger partial charge is 0.268 e. The molecule has 0 atom stereocenters. The Morgan fingerprint density at radius 2 is 1.91 bits per heavy atom. The Kier molecular flexibility index (Phi) is 2.74. The number of aromatic nitrogens is 4. The van der Waals surface area contributed by atoms with Gasteiger partial charge in [-0.3, -0.25) is 9.20 Å². The molecule has 0 aliphatic rings. The Bertz CT molecular complexity index is 1120. The van der Waals surface area contributed by atoms with Gasteiger partial charge in [0, 0.05) is 0 Å². The molecule has 5 nitrogen and oxygen atoms in total. The number of rotatable bonds is 1. The van der Waals surface area contributed by atoms with E-state index in [0.717, 1.165) is 16.8 Å². The van der Waals surface area contributed by atoms with Gasteiger partial charge in [0.15, 0.2) is 0 Å². The van der Waals surface area contributed by atoms with Crippen molar-refractivity contribution in [2.24, 2.45) is 0 Å². The molecule has 0 saturated carbocycles. The molecule has 1 N–H and O–H groups in total. The predicted molar refractivity (Wildman–Crippen MR) is 88.2 cm³/mol. The van der Waals surface area contributed by atoms with Gasteiger partial charge >= 0.3 is 0 Å². The average molecular weight is 308 g/mol. The fourth-order valence-corrected chi connectivity index (χ4v) is 2.92. The van der Waals surface area contributed by atoms with Gasteiger partial charge in [-0.05, 0) is 43.4 Å². The van der Waals surface area contributed by atoms with Crippen LogP contribution in [-0.2, 0) is 0 Å². The number of aryl methyl sites for hydroxylation is 1. The quantitative estimate of drug-likeness (QED) is 0.550. The maximum absolute atomic E-state index is 13.0. The Balaban J connectivity index is 2.32.